The molecule has 0 saturated carbocycles. The highest BCUT2D eigenvalue weighted by Gasteiger charge is 2.25. The fourth-order valence-corrected chi connectivity index (χ4v) is 5.01. The zero-order valence-electron chi connectivity index (χ0n) is 18.2. The second-order valence-corrected chi connectivity index (χ2v) is 11.6. The van der Waals surface area contributed by atoms with Crippen LogP contribution in [0, 0.1) is 0 Å². The van der Waals surface area contributed by atoms with Crippen molar-refractivity contribution in [1.82, 2.24) is 4.98 Å². The van der Waals surface area contributed by atoms with E-state index in [9.17, 15) is 8.42 Å². The molecule has 0 amide bonds. The fraction of sp³-hybridized carbons (Fsp3) is 0.318. The maximum Gasteiger partial charge on any atom is 0.231 e. The van der Waals surface area contributed by atoms with Gasteiger partial charge in [0.1, 0.15) is 19.0 Å². The van der Waals surface area contributed by atoms with E-state index in [0.29, 0.717) is 38.9 Å². The molecule has 2 aromatic carbocycles. The largest absolute Gasteiger partial charge is 0.489 e. The predicted molar refractivity (Wildman–Crippen MR) is 136 cm³/mol. The number of benzene rings is 2. The standard InChI is InChI=1S/C22H23Cl3N2O4S2/c1-22(2,15-10-17(24)20(18(25)11-15)30-9-8-23)14-4-6-16(7-5-14)31-12-19-21(26-13-32-19)27-33(3,28)29/h4-7,10-11,13,27H,8-9,12H2,1-3H3. The summed E-state index contributed by atoms with van der Waals surface area (Å²) in [5.74, 6) is 1.70. The van der Waals surface area contributed by atoms with Crippen molar-refractivity contribution in [3.8, 4) is 11.5 Å². The second kappa shape index (κ2) is 10.7. The number of halogens is 3. The summed E-state index contributed by atoms with van der Waals surface area (Å²) < 4.78 is 36.7. The van der Waals surface area contributed by atoms with Gasteiger partial charge in [-0.2, -0.15) is 0 Å². The van der Waals surface area contributed by atoms with Gasteiger partial charge in [0, 0.05) is 5.41 Å². The van der Waals surface area contributed by atoms with Crippen molar-refractivity contribution in [3.63, 3.8) is 0 Å². The van der Waals surface area contributed by atoms with Gasteiger partial charge in [0.25, 0.3) is 0 Å². The smallest absolute Gasteiger partial charge is 0.231 e. The molecule has 0 spiro atoms. The SMILES string of the molecule is CC(C)(c1ccc(OCc2scnc2NS(C)(=O)=O)cc1)c1cc(Cl)c(OCCCl)c(Cl)c1. The lowest BCUT2D eigenvalue weighted by molar-refractivity contribution is 0.310. The topological polar surface area (TPSA) is 77.5 Å². The van der Waals surface area contributed by atoms with E-state index in [1.807, 2.05) is 36.4 Å². The molecule has 1 N–H and O–H groups in total. The molecule has 0 saturated heterocycles. The van der Waals surface area contributed by atoms with Crippen LogP contribution in [-0.2, 0) is 22.0 Å². The molecular formula is C22H23Cl3N2O4S2. The molecule has 0 bridgehead atoms. The van der Waals surface area contributed by atoms with Crippen LogP contribution in [0.25, 0.3) is 0 Å². The third-order valence-corrected chi connectivity index (χ3v) is 7.00. The van der Waals surface area contributed by atoms with E-state index >= 15 is 0 Å². The molecule has 0 aliphatic carbocycles. The normalized spacial score (nSPS) is 11.9. The molecule has 3 aromatic rings. The number of aromatic nitrogens is 1. The Kier molecular flexibility index (Phi) is 8.40. The number of anilines is 1. The highest BCUT2D eigenvalue weighted by molar-refractivity contribution is 7.92. The molecule has 0 aliphatic heterocycles. The summed E-state index contributed by atoms with van der Waals surface area (Å²) >= 11 is 19.8. The zero-order chi connectivity index (χ0) is 24.2. The van der Waals surface area contributed by atoms with Gasteiger partial charge in [0.05, 0.1) is 32.6 Å². The average Bonchev–Trinajstić information content (AvgIpc) is 3.17. The van der Waals surface area contributed by atoms with Crippen molar-refractivity contribution in [3.05, 3.63) is 68.0 Å². The number of ether oxygens (including phenoxy) is 2. The first-order valence-corrected chi connectivity index (χ1v) is 13.9. The molecule has 3 rings (SSSR count). The van der Waals surface area contributed by atoms with Crippen LogP contribution in [0.3, 0.4) is 0 Å². The lowest BCUT2D eigenvalue weighted by Crippen LogP contribution is -2.19. The van der Waals surface area contributed by atoms with Crippen LogP contribution in [0.1, 0.15) is 29.9 Å². The molecule has 11 heteroatoms. The monoisotopic (exact) mass is 548 g/mol. The zero-order valence-corrected chi connectivity index (χ0v) is 22.1. The van der Waals surface area contributed by atoms with Crippen LogP contribution in [0.15, 0.2) is 41.9 Å². The van der Waals surface area contributed by atoms with E-state index < -0.39 is 10.0 Å². The number of alkyl halides is 1. The lowest BCUT2D eigenvalue weighted by atomic mass is 9.78. The Balaban J connectivity index is 1.74. The first kappa shape index (κ1) is 25.9. The Morgan fingerprint density at radius 2 is 1.70 bits per heavy atom. The van der Waals surface area contributed by atoms with Gasteiger partial charge in [-0.15, -0.1) is 22.9 Å². The van der Waals surface area contributed by atoms with Gasteiger partial charge in [-0.1, -0.05) is 49.2 Å². The van der Waals surface area contributed by atoms with Gasteiger partial charge in [-0.3, -0.25) is 4.72 Å². The number of nitrogens with zero attached hydrogens (tertiary/aromatic N) is 1. The molecule has 0 fully saturated rings. The van der Waals surface area contributed by atoms with Crippen LogP contribution in [-0.4, -0.2) is 32.1 Å². The van der Waals surface area contributed by atoms with Crippen LogP contribution >= 0.6 is 46.1 Å². The number of hydrogen-bond acceptors (Lipinski definition) is 6. The maximum atomic E-state index is 11.5. The summed E-state index contributed by atoms with van der Waals surface area (Å²) in [5, 5.41) is 0.859. The van der Waals surface area contributed by atoms with Crippen molar-refractivity contribution < 1.29 is 17.9 Å². The summed E-state index contributed by atoms with van der Waals surface area (Å²) in [6, 6.07) is 11.4. The third-order valence-electron chi connectivity index (χ3n) is 4.91. The van der Waals surface area contributed by atoms with E-state index in [-0.39, 0.29) is 17.8 Å². The van der Waals surface area contributed by atoms with Gasteiger partial charge in [-0.05, 0) is 35.4 Å². The van der Waals surface area contributed by atoms with E-state index in [1.165, 1.54) is 11.3 Å². The quantitative estimate of drug-likeness (QED) is 0.298. The second-order valence-electron chi connectivity index (χ2n) is 7.74. The van der Waals surface area contributed by atoms with Gasteiger partial charge >= 0.3 is 0 Å². The third kappa shape index (κ3) is 6.67. The van der Waals surface area contributed by atoms with E-state index in [0.717, 1.165) is 17.4 Å². The number of thiazole rings is 1. The summed E-state index contributed by atoms with van der Waals surface area (Å²) in [7, 11) is -3.41. The highest BCUT2D eigenvalue weighted by atomic mass is 35.5. The first-order valence-electron chi connectivity index (χ1n) is 9.83. The molecule has 33 heavy (non-hydrogen) atoms. The molecule has 0 aliphatic rings. The lowest BCUT2D eigenvalue weighted by Gasteiger charge is -2.27. The van der Waals surface area contributed by atoms with E-state index in [2.05, 4.69) is 23.6 Å². The van der Waals surface area contributed by atoms with Gasteiger partial charge in [-0.25, -0.2) is 13.4 Å². The van der Waals surface area contributed by atoms with Crippen molar-refractivity contribution in [2.24, 2.45) is 0 Å². The minimum atomic E-state index is -3.41. The minimum absolute atomic E-state index is 0.195. The van der Waals surface area contributed by atoms with Crippen LogP contribution in [0.5, 0.6) is 11.5 Å². The Morgan fingerprint density at radius 1 is 1.06 bits per heavy atom. The molecule has 178 valence electrons. The first-order chi connectivity index (χ1) is 15.5. The van der Waals surface area contributed by atoms with Crippen LogP contribution in [0.4, 0.5) is 5.82 Å². The van der Waals surface area contributed by atoms with E-state index in [4.69, 9.17) is 44.3 Å². The van der Waals surface area contributed by atoms with Crippen molar-refractivity contribution in [1.29, 1.82) is 0 Å². The van der Waals surface area contributed by atoms with Crippen molar-refractivity contribution in [2.75, 3.05) is 23.5 Å². The average molecular weight is 550 g/mol. The van der Waals surface area contributed by atoms with Crippen molar-refractivity contribution in [2.45, 2.75) is 25.9 Å². The van der Waals surface area contributed by atoms with Crippen LogP contribution < -0.4 is 14.2 Å². The maximum absolute atomic E-state index is 11.5. The molecule has 1 aromatic heterocycles. The number of rotatable bonds is 10. The molecular weight excluding hydrogens is 527 g/mol. The Bertz CT molecular complexity index is 1190. The molecule has 1 heterocycles. The molecule has 0 atom stereocenters. The van der Waals surface area contributed by atoms with Gasteiger partial charge < -0.3 is 9.47 Å². The van der Waals surface area contributed by atoms with Crippen molar-refractivity contribution >= 4 is 62.0 Å². The number of nitrogens with one attached hydrogen (secondary N) is 1. The summed E-state index contributed by atoms with van der Waals surface area (Å²) in [5.41, 5.74) is 3.15. The Morgan fingerprint density at radius 3 is 2.27 bits per heavy atom. The van der Waals surface area contributed by atoms with Gasteiger partial charge in [0.2, 0.25) is 10.0 Å². The van der Waals surface area contributed by atoms with Crippen LogP contribution in [0.2, 0.25) is 10.0 Å². The number of sulfonamides is 1. The van der Waals surface area contributed by atoms with Gasteiger partial charge in [0.15, 0.2) is 11.6 Å². The summed E-state index contributed by atoms with van der Waals surface area (Å²) in [4.78, 5) is 4.73. The molecule has 0 unspecified atom stereocenters. The summed E-state index contributed by atoms with van der Waals surface area (Å²) in [6.45, 7) is 4.66. The number of hydrogen-bond donors (Lipinski definition) is 1. The predicted octanol–water partition coefficient (Wildman–Crippen LogP) is 6.34. The highest BCUT2D eigenvalue weighted by Crippen LogP contribution is 2.40. The van der Waals surface area contributed by atoms with E-state index in [1.54, 1.807) is 5.51 Å². The Hall–Kier alpha value is -1.71. The Labute approximate surface area is 212 Å². The molecule has 6 nitrogen and oxygen atoms in total. The summed E-state index contributed by atoms with van der Waals surface area (Å²) in [6.07, 6.45) is 1.08. The fourth-order valence-electron chi connectivity index (χ4n) is 3.11. The molecule has 0 radical (unpaired) electrons. The minimum Gasteiger partial charge on any atom is -0.489 e.